The van der Waals surface area contributed by atoms with Crippen molar-refractivity contribution in [2.75, 3.05) is 19.0 Å². The number of rotatable bonds is 2. The van der Waals surface area contributed by atoms with Gasteiger partial charge in [0, 0.05) is 22.9 Å². The lowest BCUT2D eigenvalue weighted by Gasteiger charge is -2.27. The molecule has 3 heterocycles. The van der Waals surface area contributed by atoms with E-state index in [0.717, 1.165) is 5.69 Å². The maximum Gasteiger partial charge on any atom is 0.337 e. The maximum absolute atomic E-state index is 14.9. The highest BCUT2D eigenvalue weighted by molar-refractivity contribution is 6.00. The molecule has 2 N–H and O–H groups in total. The van der Waals surface area contributed by atoms with E-state index in [2.05, 4.69) is 20.7 Å². The molecule has 0 amide bonds. The van der Waals surface area contributed by atoms with Crippen LogP contribution in [0.1, 0.15) is 17.0 Å². The average molecular weight is 352 g/mol. The van der Waals surface area contributed by atoms with Crippen molar-refractivity contribution in [1.29, 1.82) is 0 Å². The first kappa shape index (κ1) is 14.9. The SMILES string of the molecule is COc1ccc(C2C3=C(COC3=O)Nc3ccc4n[nH]nc4c32)c(F)c1. The molecule has 0 aliphatic carbocycles. The molecule has 130 valence electrons. The van der Waals surface area contributed by atoms with Crippen molar-refractivity contribution in [3.8, 4) is 5.75 Å². The van der Waals surface area contributed by atoms with E-state index in [0.29, 0.717) is 39.2 Å². The summed E-state index contributed by atoms with van der Waals surface area (Å²) in [6.45, 7) is 0.138. The van der Waals surface area contributed by atoms with Crippen LogP contribution < -0.4 is 10.1 Å². The molecule has 26 heavy (non-hydrogen) atoms. The van der Waals surface area contributed by atoms with Gasteiger partial charge in [-0.2, -0.15) is 15.4 Å². The van der Waals surface area contributed by atoms with E-state index < -0.39 is 17.7 Å². The molecule has 3 aromatic rings. The van der Waals surface area contributed by atoms with Gasteiger partial charge in [-0.15, -0.1) is 0 Å². The van der Waals surface area contributed by atoms with Crippen LogP contribution in [0.5, 0.6) is 5.75 Å². The van der Waals surface area contributed by atoms with E-state index in [4.69, 9.17) is 9.47 Å². The van der Waals surface area contributed by atoms with Crippen LogP contribution in [-0.2, 0) is 9.53 Å². The number of aromatic nitrogens is 3. The number of hydrogen-bond donors (Lipinski definition) is 2. The quantitative estimate of drug-likeness (QED) is 0.689. The molecule has 0 bridgehead atoms. The first-order chi connectivity index (χ1) is 12.7. The Bertz CT molecular complexity index is 1110. The second-order valence-electron chi connectivity index (χ2n) is 6.13. The highest BCUT2D eigenvalue weighted by atomic mass is 19.1. The number of carbonyl (C=O) groups is 1. The Morgan fingerprint density at radius 1 is 1.27 bits per heavy atom. The molecule has 0 saturated heterocycles. The summed E-state index contributed by atoms with van der Waals surface area (Å²) in [6, 6.07) is 8.27. The number of H-pyrrole nitrogens is 1. The fraction of sp³-hybridized carbons (Fsp3) is 0.167. The number of hydrogen-bond acceptors (Lipinski definition) is 6. The van der Waals surface area contributed by atoms with Crippen molar-refractivity contribution in [3.63, 3.8) is 0 Å². The number of benzene rings is 2. The molecule has 2 aromatic carbocycles. The van der Waals surface area contributed by atoms with E-state index in [9.17, 15) is 9.18 Å². The topological polar surface area (TPSA) is 89.1 Å². The second-order valence-corrected chi connectivity index (χ2v) is 6.13. The number of carbonyl (C=O) groups excluding carboxylic acids is 1. The van der Waals surface area contributed by atoms with Gasteiger partial charge >= 0.3 is 5.97 Å². The zero-order valence-corrected chi connectivity index (χ0v) is 13.7. The fourth-order valence-corrected chi connectivity index (χ4v) is 3.63. The van der Waals surface area contributed by atoms with Gasteiger partial charge in [0.05, 0.1) is 24.3 Å². The predicted octanol–water partition coefficient (Wildman–Crippen LogP) is 2.47. The van der Waals surface area contributed by atoms with Crippen LogP contribution in [0.25, 0.3) is 11.0 Å². The Kier molecular flexibility index (Phi) is 3.03. The summed E-state index contributed by atoms with van der Waals surface area (Å²) in [7, 11) is 1.47. The lowest BCUT2D eigenvalue weighted by molar-refractivity contribution is -0.136. The van der Waals surface area contributed by atoms with Gasteiger partial charge in [0.2, 0.25) is 0 Å². The maximum atomic E-state index is 14.9. The number of halogens is 1. The number of nitrogens with zero attached hydrogens (tertiary/aromatic N) is 2. The van der Waals surface area contributed by atoms with Gasteiger partial charge in [-0.25, -0.2) is 9.18 Å². The zero-order chi connectivity index (χ0) is 17.8. The van der Waals surface area contributed by atoms with Gasteiger partial charge < -0.3 is 14.8 Å². The number of cyclic esters (lactones) is 1. The van der Waals surface area contributed by atoms with Crippen LogP contribution in [0, 0.1) is 5.82 Å². The molecule has 1 aromatic heterocycles. The zero-order valence-electron chi connectivity index (χ0n) is 13.7. The van der Waals surface area contributed by atoms with Crippen LogP contribution in [0.2, 0.25) is 0 Å². The lowest BCUT2D eigenvalue weighted by atomic mass is 9.80. The van der Waals surface area contributed by atoms with Crippen LogP contribution in [0.15, 0.2) is 41.6 Å². The van der Waals surface area contributed by atoms with E-state index in [1.165, 1.54) is 13.2 Å². The Hall–Kier alpha value is -3.42. The van der Waals surface area contributed by atoms with Gasteiger partial charge in [-0.1, -0.05) is 6.07 Å². The molecule has 2 aliphatic rings. The first-order valence-electron chi connectivity index (χ1n) is 8.01. The summed E-state index contributed by atoms with van der Waals surface area (Å²) < 4.78 is 25.2. The van der Waals surface area contributed by atoms with Gasteiger partial charge in [0.25, 0.3) is 0 Å². The van der Waals surface area contributed by atoms with Gasteiger partial charge in [-0.05, 0) is 18.2 Å². The van der Waals surface area contributed by atoms with Crippen LogP contribution in [0.3, 0.4) is 0 Å². The third kappa shape index (κ3) is 1.95. The van der Waals surface area contributed by atoms with Crippen molar-refractivity contribution in [1.82, 2.24) is 15.4 Å². The Morgan fingerprint density at radius 3 is 2.96 bits per heavy atom. The molecule has 2 aliphatic heterocycles. The molecule has 8 heteroatoms. The number of anilines is 1. The molecule has 1 atom stereocenters. The number of fused-ring (bicyclic) bond motifs is 3. The Balaban J connectivity index is 1.81. The third-order valence-electron chi connectivity index (χ3n) is 4.80. The van der Waals surface area contributed by atoms with E-state index >= 15 is 0 Å². The van der Waals surface area contributed by atoms with Gasteiger partial charge in [0.15, 0.2) is 0 Å². The Morgan fingerprint density at radius 2 is 2.15 bits per heavy atom. The van der Waals surface area contributed by atoms with Crippen molar-refractivity contribution in [2.24, 2.45) is 0 Å². The summed E-state index contributed by atoms with van der Waals surface area (Å²) in [4.78, 5) is 12.4. The van der Waals surface area contributed by atoms with E-state index in [1.54, 1.807) is 12.1 Å². The summed E-state index contributed by atoms with van der Waals surface area (Å²) in [6.07, 6.45) is 0. The van der Waals surface area contributed by atoms with Crippen molar-refractivity contribution < 1.29 is 18.7 Å². The normalized spacial score (nSPS) is 18.4. The van der Waals surface area contributed by atoms with Gasteiger partial charge in [-0.3, -0.25) is 0 Å². The molecule has 0 spiro atoms. The monoisotopic (exact) mass is 352 g/mol. The lowest BCUT2D eigenvalue weighted by Crippen LogP contribution is -2.21. The minimum absolute atomic E-state index is 0.138. The summed E-state index contributed by atoms with van der Waals surface area (Å²) >= 11 is 0. The standard InChI is InChI=1S/C18H13FN4O3/c1-25-8-2-3-9(10(19)6-8)14-15-11(4-5-12-17(15)22-23-21-12)20-13-7-26-18(24)16(13)14/h2-6,14,20H,7H2,1H3,(H,21,22,23). The molecule has 7 nitrogen and oxygen atoms in total. The number of methoxy groups -OCH3 is 1. The van der Waals surface area contributed by atoms with Gasteiger partial charge in [0.1, 0.15) is 29.2 Å². The molecular weight excluding hydrogens is 339 g/mol. The number of nitrogens with one attached hydrogen (secondary N) is 2. The fourth-order valence-electron chi connectivity index (χ4n) is 3.63. The van der Waals surface area contributed by atoms with Crippen molar-refractivity contribution in [2.45, 2.75) is 5.92 Å². The number of aromatic amines is 1. The second kappa shape index (κ2) is 5.29. The highest BCUT2D eigenvalue weighted by Gasteiger charge is 2.41. The van der Waals surface area contributed by atoms with Crippen molar-refractivity contribution >= 4 is 22.7 Å². The highest BCUT2D eigenvalue weighted by Crippen LogP contribution is 2.47. The minimum atomic E-state index is -0.643. The molecule has 5 rings (SSSR count). The third-order valence-corrected chi connectivity index (χ3v) is 4.80. The summed E-state index contributed by atoms with van der Waals surface area (Å²) in [5, 5.41) is 14.1. The minimum Gasteiger partial charge on any atom is -0.497 e. The smallest absolute Gasteiger partial charge is 0.337 e. The molecule has 0 fully saturated rings. The summed E-state index contributed by atoms with van der Waals surface area (Å²) in [5.41, 5.74) is 4.07. The van der Waals surface area contributed by atoms with E-state index in [1.807, 2.05) is 12.1 Å². The molecular formula is C18H13FN4O3. The molecule has 0 saturated carbocycles. The van der Waals surface area contributed by atoms with Crippen molar-refractivity contribution in [3.05, 3.63) is 58.5 Å². The summed E-state index contributed by atoms with van der Waals surface area (Å²) in [5.74, 6) is -1.16. The first-order valence-corrected chi connectivity index (χ1v) is 8.01. The molecule has 0 radical (unpaired) electrons. The average Bonchev–Trinajstić information content (AvgIpc) is 3.27. The Labute approximate surface area is 146 Å². The van der Waals surface area contributed by atoms with Crippen LogP contribution in [0.4, 0.5) is 10.1 Å². The number of ether oxygens (including phenoxy) is 2. The van der Waals surface area contributed by atoms with Crippen LogP contribution >= 0.6 is 0 Å². The number of esters is 1. The largest absolute Gasteiger partial charge is 0.497 e. The van der Waals surface area contributed by atoms with Crippen LogP contribution in [-0.4, -0.2) is 35.1 Å². The predicted molar refractivity (Wildman–Crippen MR) is 90.3 cm³/mol. The van der Waals surface area contributed by atoms with E-state index in [-0.39, 0.29) is 6.61 Å². The molecule has 1 unspecified atom stereocenters.